The molecule has 2 aromatic heterocycles. The third-order valence-electron chi connectivity index (χ3n) is 5.28. The van der Waals surface area contributed by atoms with Crippen molar-refractivity contribution in [2.45, 2.75) is 18.6 Å². The number of pyridine rings is 1. The number of sulfonamides is 1. The van der Waals surface area contributed by atoms with Crippen LogP contribution in [-0.4, -0.2) is 42.7 Å². The molecule has 0 aliphatic rings. The summed E-state index contributed by atoms with van der Waals surface area (Å²) in [5.74, 6) is -1.91. The van der Waals surface area contributed by atoms with Gasteiger partial charge in [-0.2, -0.15) is 0 Å². The summed E-state index contributed by atoms with van der Waals surface area (Å²) in [5, 5.41) is 10.6. The lowest BCUT2D eigenvalue weighted by atomic mass is 10.0. The Balaban J connectivity index is 2.01. The van der Waals surface area contributed by atoms with E-state index in [1.165, 1.54) is 49.6 Å². The number of rotatable bonds is 7. The van der Waals surface area contributed by atoms with Crippen LogP contribution >= 0.6 is 11.3 Å². The summed E-state index contributed by atoms with van der Waals surface area (Å²) in [5.41, 5.74) is 0.703. The normalized spacial score (nSPS) is 12.5. The summed E-state index contributed by atoms with van der Waals surface area (Å²) in [4.78, 5) is 31.0. The van der Waals surface area contributed by atoms with Crippen LogP contribution < -0.4 is 9.04 Å². The van der Waals surface area contributed by atoms with E-state index < -0.39 is 27.1 Å². The van der Waals surface area contributed by atoms with Crippen LogP contribution in [0, 0.1) is 0 Å². The van der Waals surface area contributed by atoms with Crippen molar-refractivity contribution in [3.8, 4) is 5.75 Å². The molecule has 33 heavy (non-hydrogen) atoms. The average molecular weight is 485 g/mol. The highest BCUT2D eigenvalue weighted by Gasteiger charge is 2.41. The number of anilines is 1. The summed E-state index contributed by atoms with van der Waals surface area (Å²) in [6.45, 7) is 1.45. The number of amides is 1. The zero-order valence-electron chi connectivity index (χ0n) is 17.8. The van der Waals surface area contributed by atoms with Crippen LogP contribution in [0.1, 0.15) is 23.7 Å². The molecule has 170 valence electrons. The van der Waals surface area contributed by atoms with E-state index in [-0.39, 0.29) is 17.7 Å². The van der Waals surface area contributed by atoms with Gasteiger partial charge in [0.15, 0.2) is 5.25 Å². The number of ether oxygens (including phenoxy) is 1. The number of thiophene rings is 1. The molecule has 4 aromatic rings. The van der Waals surface area contributed by atoms with Crippen molar-refractivity contribution in [1.29, 1.82) is 0 Å². The molecule has 0 bridgehead atoms. The Labute approximate surface area is 194 Å². The maximum atomic E-state index is 14.0. The van der Waals surface area contributed by atoms with E-state index in [9.17, 15) is 23.1 Å². The number of nitrogens with zero attached hydrogens (tertiary/aromatic N) is 2. The Hall–Kier alpha value is -3.50. The lowest BCUT2D eigenvalue weighted by Crippen LogP contribution is -2.46. The first-order valence-electron chi connectivity index (χ1n) is 10.0. The molecule has 0 fully saturated rings. The van der Waals surface area contributed by atoms with E-state index in [0.717, 1.165) is 0 Å². The number of aromatic nitrogens is 1. The fourth-order valence-corrected chi connectivity index (χ4v) is 6.13. The van der Waals surface area contributed by atoms with E-state index >= 15 is 0 Å². The van der Waals surface area contributed by atoms with E-state index in [0.29, 0.717) is 31.2 Å². The van der Waals surface area contributed by atoms with Gasteiger partial charge in [-0.25, -0.2) is 17.7 Å². The number of carboxylic acid groups (broad SMARTS) is 1. The van der Waals surface area contributed by atoms with Gasteiger partial charge in [-0.05, 0) is 48.2 Å². The summed E-state index contributed by atoms with van der Waals surface area (Å²) in [7, 11) is -3.17. The second-order valence-electron chi connectivity index (χ2n) is 7.19. The molecule has 0 aliphatic heterocycles. The van der Waals surface area contributed by atoms with E-state index in [4.69, 9.17) is 4.74 Å². The highest BCUT2D eigenvalue weighted by molar-refractivity contribution is 7.94. The average Bonchev–Trinajstić information content (AvgIpc) is 3.25. The van der Waals surface area contributed by atoms with Crippen LogP contribution in [0.5, 0.6) is 5.75 Å². The topological polar surface area (TPSA) is 114 Å². The molecular formula is C23H20N2O6S2. The van der Waals surface area contributed by atoms with Crippen molar-refractivity contribution in [3.63, 3.8) is 0 Å². The molecule has 2 heterocycles. The van der Waals surface area contributed by atoms with Crippen LogP contribution in [-0.2, 0) is 14.8 Å². The van der Waals surface area contributed by atoms with E-state index in [1.807, 2.05) is 0 Å². The van der Waals surface area contributed by atoms with Crippen molar-refractivity contribution >= 4 is 60.0 Å². The maximum Gasteiger partial charge on any atom is 0.323 e. The molecule has 1 amide bonds. The molecule has 10 heteroatoms. The van der Waals surface area contributed by atoms with Gasteiger partial charge >= 0.3 is 5.97 Å². The highest BCUT2D eigenvalue weighted by atomic mass is 32.2. The van der Waals surface area contributed by atoms with Crippen molar-refractivity contribution in [2.24, 2.45) is 0 Å². The number of carboxylic acids is 1. The van der Waals surface area contributed by atoms with Crippen molar-refractivity contribution in [2.75, 3.05) is 11.4 Å². The second-order valence-corrected chi connectivity index (χ2v) is 10.0. The molecule has 1 unspecified atom stereocenters. The monoisotopic (exact) mass is 484 g/mol. The van der Waals surface area contributed by atoms with E-state index in [1.54, 1.807) is 35.7 Å². The minimum atomic E-state index is -4.63. The SMILES string of the molecule is CCC(C(=O)O)S(=O)(=O)N(C(=O)c1c2ccccc2nc2sccc12)c1ccc(OC)cc1. The quantitative estimate of drug-likeness (QED) is 0.416. The first kappa shape index (κ1) is 22.7. The minimum absolute atomic E-state index is 0.0183. The summed E-state index contributed by atoms with van der Waals surface area (Å²) >= 11 is 1.33. The minimum Gasteiger partial charge on any atom is -0.497 e. The Morgan fingerprint density at radius 3 is 2.42 bits per heavy atom. The van der Waals surface area contributed by atoms with Gasteiger partial charge in [0.1, 0.15) is 10.6 Å². The smallest absolute Gasteiger partial charge is 0.323 e. The van der Waals surface area contributed by atoms with Crippen LogP contribution in [0.4, 0.5) is 5.69 Å². The second kappa shape index (κ2) is 8.80. The molecule has 0 saturated heterocycles. The standard InChI is InChI=1S/C23H20N2O6S2/c1-3-19(23(27)28)33(29,30)25(14-8-10-15(31-2)11-9-14)22(26)20-16-6-4-5-7-18(16)24-21-17(20)12-13-32-21/h4-13,19H,3H2,1-2H3,(H,27,28). The number of benzene rings is 2. The largest absolute Gasteiger partial charge is 0.497 e. The third kappa shape index (κ3) is 3.91. The summed E-state index contributed by atoms with van der Waals surface area (Å²) in [6, 6.07) is 14.5. The van der Waals surface area contributed by atoms with Crippen LogP contribution in [0.25, 0.3) is 21.1 Å². The number of hydrogen-bond donors (Lipinski definition) is 1. The fourth-order valence-electron chi connectivity index (χ4n) is 3.68. The molecule has 0 radical (unpaired) electrons. The number of carbonyl (C=O) groups is 2. The number of fused-ring (bicyclic) bond motifs is 2. The Kier molecular flexibility index (Phi) is 6.05. The van der Waals surface area contributed by atoms with Gasteiger partial charge in [0.2, 0.25) is 0 Å². The molecule has 1 atom stereocenters. The van der Waals surface area contributed by atoms with Gasteiger partial charge in [0.25, 0.3) is 15.9 Å². The maximum absolute atomic E-state index is 14.0. The zero-order chi connectivity index (χ0) is 23.8. The van der Waals surface area contributed by atoms with Crippen molar-refractivity contribution in [1.82, 2.24) is 4.98 Å². The lowest BCUT2D eigenvalue weighted by molar-refractivity contribution is -0.136. The van der Waals surface area contributed by atoms with E-state index in [2.05, 4.69) is 4.98 Å². The predicted octanol–water partition coefficient (Wildman–Crippen LogP) is 4.30. The van der Waals surface area contributed by atoms with Gasteiger partial charge < -0.3 is 9.84 Å². The number of hydrogen-bond acceptors (Lipinski definition) is 7. The molecular weight excluding hydrogens is 464 g/mol. The third-order valence-corrected chi connectivity index (χ3v) is 8.22. The molecule has 0 spiro atoms. The number of methoxy groups -OCH3 is 1. The molecule has 1 N–H and O–H groups in total. The zero-order valence-corrected chi connectivity index (χ0v) is 19.4. The van der Waals surface area contributed by atoms with Gasteiger partial charge in [0, 0.05) is 10.8 Å². The van der Waals surface area contributed by atoms with Gasteiger partial charge in [0.05, 0.1) is 23.9 Å². The molecule has 4 rings (SSSR count). The Morgan fingerprint density at radius 1 is 1.09 bits per heavy atom. The first-order valence-corrected chi connectivity index (χ1v) is 12.4. The number of aliphatic carboxylic acids is 1. The summed E-state index contributed by atoms with van der Waals surface area (Å²) < 4.78 is 32.9. The summed E-state index contributed by atoms with van der Waals surface area (Å²) in [6.07, 6.45) is -0.206. The van der Waals surface area contributed by atoms with Crippen LogP contribution in [0.15, 0.2) is 60.0 Å². The number of para-hydroxylation sites is 1. The number of carbonyl (C=O) groups excluding carboxylic acids is 1. The van der Waals surface area contributed by atoms with Crippen LogP contribution in [0.2, 0.25) is 0 Å². The fraction of sp³-hybridized carbons (Fsp3) is 0.174. The molecule has 0 aliphatic carbocycles. The van der Waals surface area contributed by atoms with Crippen LogP contribution in [0.3, 0.4) is 0 Å². The van der Waals surface area contributed by atoms with Gasteiger partial charge in [-0.3, -0.25) is 9.59 Å². The first-order chi connectivity index (χ1) is 15.8. The van der Waals surface area contributed by atoms with Crippen molar-refractivity contribution < 1.29 is 27.9 Å². The lowest BCUT2D eigenvalue weighted by Gasteiger charge is -2.26. The predicted molar refractivity (Wildman–Crippen MR) is 128 cm³/mol. The molecule has 0 saturated carbocycles. The Morgan fingerprint density at radius 2 is 1.79 bits per heavy atom. The van der Waals surface area contributed by atoms with Gasteiger partial charge in [-0.1, -0.05) is 25.1 Å². The Bertz CT molecular complexity index is 1460. The van der Waals surface area contributed by atoms with Gasteiger partial charge in [-0.15, -0.1) is 11.3 Å². The van der Waals surface area contributed by atoms with Crippen molar-refractivity contribution in [3.05, 3.63) is 65.5 Å². The molecule has 2 aromatic carbocycles. The highest BCUT2D eigenvalue weighted by Crippen LogP contribution is 2.34. The molecule has 8 nitrogen and oxygen atoms in total.